The minimum atomic E-state index is 0.345. The summed E-state index contributed by atoms with van der Waals surface area (Å²) in [6.07, 6.45) is 1.14. The first kappa shape index (κ1) is 13.9. The van der Waals surface area contributed by atoms with Crippen LogP contribution in [0.1, 0.15) is 44.6 Å². The summed E-state index contributed by atoms with van der Waals surface area (Å²) in [6, 6.07) is 2.32. The molecule has 0 fully saturated rings. The zero-order valence-electron chi connectivity index (χ0n) is 11.4. The summed E-state index contributed by atoms with van der Waals surface area (Å²) in [7, 11) is 1.63. The maximum absolute atomic E-state index is 5.18. The summed E-state index contributed by atoms with van der Waals surface area (Å²) in [5.74, 6) is 1.74. The van der Waals surface area contributed by atoms with Crippen molar-refractivity contribution in [3.8, 4) is 5.88 Å². The molecule has 0 aliphatic rings. The summed E-state index contributed by atoms with van der Waals surface area (Å²) >= 11 is 0. The molecular formula is C13H23N3O. The lowest BCUT2D eigenvalue weighted by atomic mass is 9.99. The van der Waals surface area contributed by atoms with E-state index in [1.54, 1.807) is 7.11 Å². The van der Waals surface area contributed by atoms with Crippen LogP contribution in [0, 0.1) is 6.92 Å². The molecule has 0 saturated carbocycles. The Morgan fingerprint density at radius 1 is 1.35 bits per heavy atom. The van der Waals surface area contributed by atoms with Crippen LogP contribution in [-0.4, -0.2) is 29.7 Å². The Morgan fingerprint density at radius 3 is 2.65 bits per heavy atom. The van der Waals surface area contributed by atoms with Gasteiger partial charge in [0.25, 0.3) is 0 Å². The predicted octanol–water partition coefficient (Wildman–Crippen LogP) is 2.29. The van der Waals surface area contributed by atoms with E-state index < -0.39 is 0 Å². The molecule has 0 radical (unpaired) electrons. The van der Waals surface area contributed by atoms with E-state index in [2.05, 4.69) is 36.1 Å². The SMILES string of the molecule is CCCNC(C)C(C)c1cc(OC)nc(C)n1. The van der Waals surface area contributed by atoms with E-state index in [9.17, 15) is 0 Å². The maximum Gasteiger partial charge on any atom is 0.216 e. The quantitative estimate of drug-likeness (QED) is 0.824. The van der Waals surface area contributed by atoms with Crippen LogP contribution in [0.3, 0.4) is 0 Å². The van der Waals surface area contributed by atoms with Crippen molar-refractivity contribution < 1.29 is 4.74 Å². The van der Waals surface area contributed by atoms with Crippen molar-refractivity contribution in [1.29, 1.82) is 0 Å². The van der Waals surface area contributed by atoms with E-state index in [1.165, 1.54) is 0 Å². The molecule has 4 heteroatoms. The average Bonchev–Trinajstić information content (AvgIpc) is 2.34. The fraction of sp³-hybridized carbons (Fsp3) is 0.692. The summed E-state index contributed by atoms with van der Waals surface area (Å²) in [5.41, 5.74) is 1.03. The van der Waals surface area contributed by atoms with Crippen molar-refractivity contribution in [3.63, 3.8) is 0 Å². The van der Waals surface area contributed by atoms with E-state index >= 15 is 0 Å². The summed E-state index contributed by atoms with van der Waals surface area (Å²) in [6.45, 7) is 9.45. The van der Waals surface area contributed by atoms with Gasteiger partial charge in [-0.3, -0.25) is 0 Å². The van der Waals surface area contributed by atoms with Gasteiger partial charge < -0.3 is 10.1 Å². The lowest BCUT2D eigenvalue weighted by Crippen LogP contribution is -2.32. The summed E-state index contributed by atoms with van der Waals surface area (Å²) in [4.78, 5) is 8.68. The molecule has 0 aliphatic heterocycles. The first-order chi connectivity index (χ1) is 8.08. The van der Waals surface area contributed by atoms with Crippen LogP contribution in [0.4, 0.5) is 0 Å². The number of nitrogens with zero attached hydrogens (tertiary/aromatic N) is 2. The predicted molar refractivity (Wildman–Crippen MR) is 69.5 cm³/mol. The minimum absolute atomic E-state index is 0.345. The Hall–Kier alpha value is -1.16. The molecule has 1 aromatic rings. The van der Waals surface area contributed by atoms with E-state index in [1.807, 2.05) is 13.0 Å². The third kappa shape index (κ3) is 3.97. The highest BCUT2D eigenvalue weighted by Crippen LogP contribution is 2.20. The Balaban J connectivity index is 2.80. The van der Waals surface area contributed by atoms with Gasteiger partial charge >= 0.3 is 0 Å². The first-order valence-corrected chi connectivity index (χ1v) is 6.21. The van der Waals surface area contributed by atoms with E-state index in [0.29, 0.717) is 17.8 Å². The largest absolute Gasteiger partial charge is 0.481 e. The Labute approximate surface area is 104 Å². The molecule has 2 atom stereocenters. The molecule has 0 spiro atoms. The number of hydrogen-bond donors (Lipinski definition) is 1. The van der Waals surface area contributed by atoms with Gasteiger partial charge in [0.1, 0.15) is 5.82 Å². The first-order valence-electron chi connectivity index (χ1n) is 6.21. The number of nitrogens with one attached hydrogen (secondary N) is 1. The molecule has 0 amide bonds. The van der Waals surface area contributed by atoms with E-state index in [4.69, 9.17) is 4.74 Å². The summed E-state index contributed by atoms with van der Waals surface area (Å²) in [5, 5.41) is 3.49. The molecule has 1 heterocycles. The van der Waals surface area contributed by atoms with E-state index in [-0.39, 0.29) is 0 Å². The van der Waals surface area contributed by atoms with E-state index in [0.717, 1.165) is 24.5 Å². The molecule has 96 valence electrons. The van der Waals surface area contributed by atoms with Crippen LogP contribution in [0.15, 0.2) is 6.07 Å². The molecule has 4 nitrogen and oxygen atoms in total. The highest BCUT2D eigenvalue weighted by Gasteiger charge is 2.16. The molecule has 1 rings (SSSR count). The van der Waals surface area contributed by atoms with Crippen molar-refractivity contribution in [3.05, 3.63) is 17.6 Å². The van der Waals surface area contributed by atoms with Gasteiger partial charge in [0, 0.05) is 18.0 Å². The molecule has 0 saturated heterocycles. The molecular weight excluding hydrogens is 214 g/mol. The van der Waals surface area contributed by atoms with Gasteiger partial charge in [-0.05, 0) is 26.8 Å². The number of hydrogen-bond acceptors (Lipinski definition) is 4. The molecule has 0 bridgehead atoms. The van der Waals surface area contributed by atoms with Crippen molar-refractivity contribution in [1.82, 2.24) is 15.3 Å². The standard InChI is InChI=1S/C13H23N3O/c1-6-7-14-10(3)9(2)12-8-13(17-5)16-11(4)15-12/h8-10,14H,6-7H2,1-5H3. The van der Waals surface area contributed by atoms with Crippen LogP contribution < -0.4 is 10.1 Å². The fourth-order valence-corrected chi connectivity index (χ4v) is 1.71. The second-order valence-electron chi connectivity index (χ2n) is 4.41. The van der Waals surface area contributed by atoms with Gasteiger partial charge in [-0.15, -0.1) is 0 Å². The van der Waals surface area contributed by atoms with Gasteiger partial charge in [0.2, 0.25) is 5.88 Å². The van der Waals surface area contributed by atoms with Gasteiger partial charge in [-0.2, -0.15) is 4.98 Å². The second kappa shape index (κ2) is 6.55. The summed E-state index contributed by atoms with van der Waals surface area (Å²) < 4.78 is 5.18. The smallest absolute Gasteiger partial charge is 0.216 e. The number of ether oxygens (including phenoxy) is 1. The lowest BCUT2D eigenvalue weighted by Gasteiger charge is -2.21. The highest BCUT2D eigenvalue weighted by atomic mass is 16.5. The topological polar surface area (TPSA) is 47.0 Å². The van der Waals surface area contributed by atoms with Gasteiger partial charge in [-0.25, -0.2) is 4.98 Å². The average molecular weight is 237 g/mol. The zero-order valence-corrected chi connectivity index (χ0v) is 11.4. The normalized spacial score (nSPS) is 14.4. The van der Waals surface area contributed by atoms with Crippen molar-refractivity contribution in [2.45, 2.75) is 46.1 Å². The molecule has 1 N–H and O–H groups in total. The van der Waals surface area contributed by atoms with Crippen molar-refractivity contribution in [2.24, 2.45) is 0 Å². The Bertz CT molecular complexity index is 355. The maximum atomic E-state index is 5.18. The third-order valence-electron chi connectivity index (χ3n) is 2.98. The minimum Gasteiger partial charge on any atom is -0.481 e. The van der Waals surface area contributed by atoms with Crippen LogP contribution in [0.2, 0.25) is 0 Å². The Kier molecular flexibility index (Phi) is 5.35. The number of methoxy groups -OCH3 is 1. The second-order valence-corrected chi connectivity index (χ2v) is 4.41. The highest BCUT2D eigenvalue weighted by molar-refractivity contribution is 5.20. The van der Waals surface area contributed by atoms with Gasteiger partial charge in [-0.1, -0.05) is 13.8 Å². The van der Waals surface area contributed by atoms with Gasteiger partial charge in [0.05, 0.1) is 12.8 Å². The molecule has 1 aromatic heterocycles. The molecule has 2 unspecified atom stereocenters. The van der Waals surface area contributed by atoms with Crippen LogP contribution in [0.5, 0.6) is 5.88 Å². The van der Waals surface area contributed by atoms with Gasteiger partial charge in [0.15, 0.2) is 0 Å². The van der Waals surface area contributed by atoms with Crippen LogP contribution in [0.25, 0.3) is 0 Å². The lowest BCUT2D eigenvalue weighted by molar-refractivity contribution is 0.392. The monoisotopic (exact) mass is 237 g/mol. The number of aromatic nitrogens is 2. The van der Waals surface area contributed by atoms with Crippen molar-refractivity contribution >= 4 is 0 Å². The third-order valence-corrected chi connectivity index (χ3v) is 2.98. The fourth-order valence-electron chi connectivity index (χ4n) is 1.71. The number of rotatable bonds is 6. The van der Waals surface area contributed by atoms with Crippen LogP contribution in [-0.2, 0) is 0 Å². The van der Waals surface area contributed by atoms with Crippen LogP contribution >= 0.6 is 0 Å². The molecule has 0 aromatic carbocycles. The Morgan fingerprint density at radius 2 is 2.06 bits per heavy atom. The molecule has 17 heavy (non-hydrogen) atoms. The zero-order chi connectivity index (χ0) is 12.8. The molecule has 0 aliphatic carbocycles. The number of aryl methyl sites for hydroxylation is 1. The van der Waals surface area contributed by atoms with Crippen molar-refractivity contribution in [2.75, 3.05) is 13.7 Å².